The number of carbonyl (C=O) groups excluding carboxylic acids is 2. The number of carbonyl (C=O) groups is 2. The van der Waals surface area contributed by atoms with E-state index in [0.29, 0.717) is 34.2 Å². The van der Waals surface area contributed by atoms with Gasteiger partial charge in [0, 0.05) is 11.8 Å². The fourth-order valence-corrected chi connectivity index (χ4v) is 3.41. The number of anilines is 1. The van der Waals surface area contributed by atoms with E-state index in [-0.39, 0.29) is 23.8 Å². The first-order chi connectivity index (χ1) is 14.0. The average molecular weight is 393 g/mol. The highest BCUT2D eigenvalue weighted by Gasteiger charge is 2.38. The van der Waals surface area contributed by atoms with Gasteiger partial charge in [0.1, 0.15) is 5.75 Å². The van der Waals surface area contributed by atoms with Crippen LogP contribution in [0.25, 0.3) is 6.08 Å². The van der Waals surface area contributed by atoms with Gasteiger partial charge in [0.15, 0.2) is 11.5 Å². The average Bonchev–Trinajstić information content (AvgIpc) is 3.29. The summed E-state index contributed by atoms with van der Waals surface area (Å²) in [5.74, 6) is 0.940. The highest BCUT2D eigenvalue weighted by atomic mass is 16.7. The molecule has 2 aromatic rings. The van der Waals surface area contributed by atoms with Crippen LogP contribution in [0.3, 0.4) is 0 Å². The minimum atomic E-state index is -0.576. The molecule has 148 valence electrons. The third-order valence-corrected chi connectivity index (χ3v) is 4.81. The lowest BCUT2D eigenvalue weighted by Gasteiger charge is -2.18. The molecule has 4 rings (SSSR count). The van der Waals surface area contributed by atoms with Crippen LogP contribution in [0.5, 0.6) is 17.2 Å². The normalized spacial score (nSPS) is 16.6. The summed E-state index contributed by atoms with van der Waals surface area (Å²) in [5.41, 5.74) is 2.26. The molecule has 0 fully saturated rings. The van der Waals surface area contributed by atoms with Crippen molar-refractivity contribution in [3.8, 4) is 17.2 Å². The number of methoxy groups -OCH3 is 2. The summed E-state index contributed by atoms with van der Waals surface area (Å²) in [4.78, 5) is 27.3. The Hall–Kier alpha value is -3.74. The van der Waals surface area contributed by atoms with Crippen LogP contribution in [0.4, 0.5) is 5.69 Å². The Morgan fingerprint density at radius 1 is 1.10 bits per heavy atom. The van der Waals surface area contributed by atoms with Gasteiger partial charge in [-0.05, 0) is 42.8 Å². The molecule has 0 aromatic heterocycles. The first-order valence-corrected chi connectivity index (χ1v) is 8.93. The van der Waals surface area contributed by atoms with E-state index in [1.54, 1.807) is 62.6 Å². The largest absolute Gasteiger partial charge is 0.497 e. The molecule has 0 N–H and O–H groups in total. The SMILES string of the molecule is COC(=O)C1=C(C)N(c2cccc(OC)c2)C(=O)/C1=C/c1ccc2c(c1)OCO2. The first-order valence-electron chi connectivity index (χ1n) is 8.93. The van der Waals surface area contributed by atoms with Crippen molar-refractivity contribution < 1.29 is 28.5 Å². The number of esters is 1. The van der Waals surface area contributed by atoms with Crippen LogP contribution in [-0.4, -0.2) is 32.9 Å². The van der Waals surface area contributed by atoms with E-state index >= 15 is 0 Å². The van der Waals surface area contributed by atoms with Crippen LogP contribution >= 0.6 is 0 Å². The van der Waals surface area contributed by atoms with Gasteiger partial charge >= 0.3 is 5.97 Å². The van der Waals surface area contributed by atoms with Crippen molar-refractivity contribution in [1.82, 2.24) is 0 Å². The molecule has 2 aliphatic rings. The maximum absolute atomic E-state index is 13.3. The molecule has 0 saturated carbocycles. The quantitative estimate of drug-likeness (QED) is 0.586. The van der Waals surface area contributed by atoms with Gasteiger partial charge in [0.2, 0.25) is 6.79 Å². The summed E-state index contributed by atoms with van der Waals surface area (Å²) in [6, 6.07) is 12.4. The van der Waals surface area contributed by atoms with Gasteiger partial charge in [0.05, 0.1) is 31.1 Å². The summed E-state index contributed by atoms with van der Waals surface area (Å²) in [6.45, 7) is 1.87. The first kappa shape index (κ1) is 18.6. The van der Waals surface area contributed by atoms with Crippen LogP contribution < -0.4 is 19.1 Å². The standard InChI is InChI=1S/C22H19NO6/c1-13-20(22(25)27-3)17(9-14-7-8-18-19(10-14)29-12-28-18)21(24)23(13)15-5-4-6-16(11-15)26-2/h4-11H,12H2,1-3H3/b17-9+. The zero-order valence-electron chi connectivity index (χ0n) is 16.2. The van der Waals surface area contributed by atoms with Crippen LogP contribution in [-0.2, 0) is 14.3 Å². The van der Waals surface area contributed by atoms with Crippen LogP contribution in [0.15, 0.2) is 59.3 Å². The predicted molar refractivity (Wildman–Crippen MR) is 106 cm³/mol. The highest BCUT2D eigenvalue weighted by molar-refractivity contribution is 6.23. The number of benzene rings is 2. The Balaban J connectivity index is 1.81. The fourth-order valence-electron chi connectivity index (χ4n) is 3.41. The van der Waals surface area contributed by atoms with Crippen molar-refractivity contribution in [2.24, 2.45) is 0 Å². The smallest absolute Gasteiger partial charge is 0.340 e. The van der Waals surface area contributed by atoms with E-state index < -0.39 is 5.97 Å². The number of hydrogen-bond acceptors (Lipinski definition) is 6. The van der Waals surface area contributed by atoms with E-state index in [2.05, 4.69) is 0 Å². The number of hydrogen-bond donors (Lipinski definition) is 0. The van der Waals surface area contributed by atoms with E-state index in [1.807, 2.05) is 0 Å². The molecular weight excluding hydrogens is 374 g/mol. The molecule has 0 unspecified atom stereocenters. The topological polar surface area (TPSA) is 74.3 Å². The molecule has 0 spiro atoms. The minimum absolute atomic E-state index is 0.157. The summed E-state index contributed by atoms with van der Waals surface area (Å²) in [7, 11) is 2.85. The van der Waals surface area contributed by atoms with Gasteiger partial charge in [-0.1, -0.05) is 12.1 Å². The van der Waals surface area contributed by atoms with Gasteiger partial charge in [-0.3, -0.25) is 9.69 Å². The number of ether oxygens (including phenoxy) is 4. The second-order valence-electron chi connectivity index (χ2n) is 6.46. The summed E-state index contributed by atoms with van der Waals surface area (Å²) < 4.78 is 20.9. The van der Waals surface area contributed by atoms with Gasteiger partial charge in [-0.2, -0.15) is 0 Å². The Kier molecular flexibility index (Phi) is 4.72. The molecule has 2 heterocycles. The number of amides is 1. The number of fused-ring (bicyclic) bond motifs is 1. The van der Waals surface area contributed by atoms with Crippen LogP contribution in [0.2, 0.25) is 0 Å². The molecule has 29 heavy (non-hydrogen) atoms. The van der Waals surface area contributed by atoms with Gasteiger partial charge in [0.25, 0.3) is 5.91 Å². The Morgan fingerprint density at radius 3 is 2.66 bits per heavy atom. The maximum Gasteiger partial charge on any atom is 0.340 e. The molecule has 2 aromatic carbocycles. The van der Waals surface area contributed by atoms with Gasteiger partial charge in [-0.25, -0.2) is 4.79 Å². The number of rotatable bonds is 4. The zero-order valence-corrected chi connectivity index (χ0v) is 16.2. The third kappa shape index (κ3) is 3.20. The van der Waals surface area contributed by atoms with Gasteiger partial charge in [-0.15, -0.1) is 0 Å². The molecule has 0 atom stereocenters. The lowest BCUT2D eigenvalue weighted by molar-refractivity contribution is -0.136. The summed E-state index contributed by atoms with van der Waals surface area (Å²) >= 11 is 0. The highest BCUT2D eigenvalue weighted by Crippen LogP contribution is 2.38. The minimum Gasteiger partial charge on any atom is -0.497 e. The molecule has 7 heteroatoms. The monoisotopic (exact) mass is 393 g/mol. The van der Waals surface area contributed by atoms with Crippen molar-refractivity contribution in [1.29, 1.82) is 0 Å². The second kappa shape index (κ2) is 7.35. The molecule has 0 bridgehead atoms. The molecule has 0 aliphatic carbocycles. The summed E-state index contributed by atoms with van der Waals surface area (Å²) in [5, 5.41) is 0. The van der Waals surface area contributed by atoms with E-state index in [0.717, 1.165) is 0 Å². The third-order valence-electron chi connectivity index (χ3n) is 4.81. The van der Waals surface area contributed by atoms with Crippen molar-refractivity contribution in [3.63, 3.8) is 0 Å². The van der Waals surface area contributed by atoms with Gasteiger partial charge < -0.3 is 18.9 Å². The lowest BCUT2D eigenvalue weighted by Crippen LogP contribution is -2.24. The number of allylic oxidation sites excluding steroid dienone is 1. The van der Waals surface area contributed by atoms with Crippen molar-refractivity contribution in [2.45, 2.75) is 6.92 Å². The Labute approximate surface area is 167 Å². The molecule has 7 nitrogen and oxygen atoms in total. The molecule has 1 amide bonds. The molecular formula is C22H19NO6. The Morgan fingerprint density at radius 2 is 1.90 bits per heavy atom. The Bertz CT molecular complexity index is 1070. The van der Waals surface area contributed by atoms with Crippen LogP contribution in [0, 0.1) is 0 Å². The lowest BCUT2D eigenvalue weighted by atomic mass is 10.0. The van der Waals surface area contributed by atoms with Crippen LogP contribution in [0.1, 0.15) is 12.5 Å². The van der Waals surface area contributed by atoms with E-state index in [4.69, 9.17) is 18.9 Å². The van der Waals surface area contributed by atoms with Crippen molar-refractivity contribution >= 4 is 23.6 Å². The second-order valence-corrected chi connectivity index (χ2v) is 6.46. The maximum atomic E-state index is 13.3. The molecule has 0 saturated heterocycles. The fraction of sp³-hybridized carbons (Fsp3) is 0.182. The molecule has 2 aliphatic heterocycles. The van der Waals surface area contributed by atoms with E-state index in [9.17, 15) is 9.59 Å². The summed E-state index contributed by atoms with van der Waals surface area (Å²) in [6.07, 6.45) is 1.65. The molecule has 0 radical (unpaired) electrons. The van der Waals surface area contributed by atoms with Crippen molar-refractivity contribution in [3.05, 3.63) is 64.9 Å². The van der Waals surface area contributed by atoms with E-state index in [1.165, 1.54) is 12.0 Å². The van der Waals surface area contributed by atoms with Crippen molar-refractivity contribution in [2.75, 3.05) is 25.9 Å². The predicted octanol–water partition coefficient (Wildman–Crippen LogP) is 3.30. The zero-order chi connectivity index (χ0) is 20.5. The number of nitrogens with zero attached hydrogens (tertiary/aromatic N) is 1.